The van der Waals surface area contributed by atoms with Crippen LogP contribution in [0.2, 0.25) is 5.15 Å². The number of fused-ring (bicyclic) bond motifs is 1. The maximum absolute atomic E-state index is 13.6. The monoisotopic (exact) mass is 347 g/mol. The van der Waals surface area contributed by atoms with Gasteiger partial charge in [-0.3, -0.25) is 4.57 Å². The van der Waals surface area contributed by atoms with E-state index in [9.17, 15) is 4.39 Å². The van der Waals surface area contributed by atoms with Crippen molar-refractivity contribution in [3.05, 3.63) is 41.6 Å². The SMILES string of the molecule is C[C@@H]1COCCN1c1cc(Cl)nc(-n2cnc3ccc(F)cc32)n1. The number of hydrogen-bond acceptors (Lipinski definition) is 5. The van der Waals surface area contributed by atoms with Gasteiger partial charge < -0.3 is 9.64 Å². The molecule has 1 atom stereocenters. The molecular formula is C16H15ClFN5O. The van der Waals surface area contributed by atoms with Crippen LogP contribution in [0.4, 0.5) is 10.2 Å². The molecule has 1 saturated heterocycles. The molecule has 0 unspecified atom stereocenters. The van der Waals surface area contributed by atoms with Crippen molar-refractivity contribution in [2.24, 2.45) is 0 Å². The van der Waals surface area contributed by atoms with Gasteiger partial charge in [0, 0.05) is 18.7 Å². The summed E-state index contributed by atoms with van der Waals surface area (Å²) in [6, 6.07) is 6.32. The van der Waals surface area contributed by atoms with Gasteiger partial charge in [0.2, 0.25) is 5.95 Å². The average molecular weight is 348 g/mol. The maximum Gasteiger partial charge on any atom is 0.238 e. The van der Waals surface area contributed by atoms with Crippen LogP contribution in [0.15, 0.2) is 30.6 Å². The Balaban J connectivity index is 1.81. The summed E-state index contributed by atoms with van der Waals surface area (Å²) in [6.45, 7) is 4.07. The summed E-state index contributed by atoms with van der Waals surface area (Å²) in [5.74, 6) is 0.747. The normalized spacial score (nSPS) is 18.3. The lowest BCUT2D eigenvalue weighted by atomic mass is 10.2. The zero-order valence-corrected chi connectivity index (χ0v) is 13.7. The average Bonchev–Trinajstić information content (AvgIpc) is 2.97. The lowest BCUT2D eigenvalue weighted by Gasteiger charge is -2.34. The minimum Gasteiger partial charge on any atom is -0.377 e. The van der Waals surface area contributed by atoms with E-state index in [2.05, 4.69) is 26.8 Å². The molecule has 3 aromatic rings. The largest absolute Gasteiger partial charge is 0.377 e. The van der Waals surface area contributed by atoms with Crippen molar-refractivity contribution in [3.63, 3.8) is 0 Å². The predicted octanol–water partition coefficient (Wildman–Crippen LogP) is 2.83. The van der Waals surface area contributed by atoms with Gasteiger partial charge in [0.25, 0.3) is 0 Å². The summed E-state index contributed by atoms with van der Waals surface area (Å²) in [5.41, 5.74) is 1.26. The molecule has 0 bridgehead atoms. The second-order valence-electron chi connectivity index (χ2n) is 5.71. The van der Waals surface area contributed by atoms with Crippen LogP contribution in [0.5, 0.6) is 0 Å². The molecule has 124 valence electrons. The minimum absolute atomic E-state index is 0.189. The molecule has 2 aromatic heterocycles. The number of aromatic nitrogens is 4. The number of hydrogen-bond donors (Lipinski definition) is 0. The molecule has 0 saturated carbocycles. The van der Waals surface area contributed by atoms with Crippen LogP contribution in [0.3, 0.4) is 0 Å². The van der Waals surface area contributed by atoms with Crippen LogP contribution in [0.25, 0.3) is 17.0 Å². The van der Waals surface area contributed by atoms with Crippen molar-refractivity contribution in [2.45, 2.75) is 13.0 Å². The van der Waals surface area contributed by atoms with E-state index in [0.717, 1.165) is 12.4 Å². The van der Waals surface area contributed by atoms with Crippen LogP contribution in [0.1, 0.15) is 6.92 Å². The Morgan fingerprint density at radius 3 is 3.00 bits per heavy atom. The highest BCUT2D eigenvalue weighted by Gasteiger charge is 2.22. The van der Waals surface area contributed by atoms with Crippen LogP contribution in [-0.2, 0) is 4.74 Å². The second kappa shape index (κ2) is 5.99. The predicted molar refractivity (Wildman–Crippen MR) is 89.3 cm³/mol. The van der Waals surface area contributed by atoms with Crippen molar-refractivity contribution in [3.8, 4) is 5.95 Å². The molecule has 1 aliphatic heterocycles. The molecule has 8 heteroatoms. The van der Waals surface area contributed by atoms with E-state index in [1.807, 2.05) is 0 Å². The quantitative estimate of drug-likeness (QED) is 0.667. The van der Waals surface area contributed by atoms with Gasteiger partial charge in [0.15, 0.2) is 0 Å². The highest BCUT2D eigenvalue weighted by atomic mass is 35.5. The summed E-state index contributed by atoms with van der Waals surface area (Å²) in [5, 5.41) is 0.326. The van der Waals surface area contributed by atoms with Gasteiger partial charge in [-0.25, -0.2) is 14.4 Å². The molecular weight excluding hydrogens is 333 g/mol. The van der Waals surface area contributed by atoms with Gasteiger partial charge in [0.1, 0.15) is 23.1 Å². The number of ether oxygens (including phenoxy) is 1. The molecule has 4 rings (SSSR count). The van der Waals surface area contributed by atoms with E-state index < -0.39 is 0 Å². The molecule has 1 aliphatic rings. The smallest absolute Gasteiger partial charge is 0.238 e. The van der Waals surface area contributed by atoms with E-state index in [1.54, 1.807) is 23.0 Å². The van der Waals surface area contributed by atoms with Crippen molar-refractivity contribution >= 4 is 28.5 Å². The molecule has 0 amide bonds. The number of benzene rings is 1. The molecule has 0 aliphatic carbocycles. The van der Waals surface area contributed by atoms with E-state index in [4.69, 9.17) is 16.3 Å². The number of nitrogens with zero attached hydrogens (tertiary/aromatic N) is 5. The van der Waals surface area contributed by atoms with E-state index >= 15 is 0 Å². The summed E-state index contributed by atoms with van der Waals surface area (Å²) in [4.78, 5) is 15.3. The highest BCUT2D eigenvalue weighted by Crippen LogP contribution is 2.24. The van der Waals surface area contributed by atoms with Gasteiger partial charge >= 0.3 is 0 Å². The Labute approximate surface area is 142 Å². The van der Waals surface area contributed by atoms with Gasteiger partial charge in [-0.1, -0.05) is 11.6 Å². The molecule has 0 N–H and O–H groups in total. The van der Waals surface area contributed by atoms with Crippen LogP contribution in [0, 0.1) is 5.82 Å². The van der Waals surface area contributed by atoms with E-state index in [0.29, 0.717) is 35.3 Å². The van der Waals surface area contributed by atoms with Gasteiger partial charge in [-0.05, 0) is 19.1 Å². The van der Waals surface area contributed by atoms with Gasteiger partial charge in [-0.2, -0.15) is 4.98 Å². The van der Waals surface area contributed by atoms with Crippen LogP contribution < -0.4 is 4.90 Å². The van der Waals surface area contributed by atoms with Gasteiger partial charge in [-0.15, -0.1) is 0 Å². The lowest BCUT2D eigenvalue weighted by Crippen LogP contribution is -2.44. The zero-order valence-electron chi connectivity index (χ0n) is 13.0. The third-order valence-electron chi connectivity index (χ3n) is 4.06. The number of imidazole rings is 1. The van der Waals surface area contributed by atoms with Gasteiger partial charge in [0.05, 0.1) is 30.3 Å². The Kier molecular flexibility index (Phi) is 3.82. The molecule has 1 aromatic carbocycles. The fourth-order valence-corrected chi connectivity index (χ4v) is 3.03. The van der Waals surface area contributed by atoms with E-state index in [1.165, 1.54) is 12.1 Å². The fourth-order valence-electron chi connectivity index (χ4n) is 2.86. The third kappa shape index (κ3) is 2.70. The standard InChI is InChI=1S/C16H15ClFN5O/c1-10-8-24-5-4-22(10)15-7-14(17)20-16(21-15)23-9-19-12-3-2-11(18)6-13(12)23/h2-3,6-7,9-10H,4-5,8H2,1H3/t10-/m1/s1. The molecule has 24 heavy (non-hydrogen) atoms. The number of anilines is 1. The summed E-state index contributed by atoms with van der Waals surface area (Å²) in [7, 11) is 0. The first-order valence-electron chi connectivity index (χ1n) is 7.64. The van der Waals surface area contributed by atoms with Crippen LogP contribution in [-0.4, -0.2) is 45.3 Å². The first-order chi connectivity index (χ1) is 11.6. The zero-order chi connectivity index (χ0) is 16.7. The first-order valence-corrected chi connectivity index (χ1v) is 8.01. The molecule has 3 heterocycles. The first kappa shape index (κ1) is 15.3. The lowest BCUT2D eigenvalue weighted by molar-refractivity contribution is 0.0985. The summed E-state index contributed by atoms with van der Waals surface area (Å²) >= 11 is 6.20. The highest BCUT2D eigenvalue weighted by molar-refractivity contribution is 6.29. The van der Waals surface area contributed by atoms with E-state index in [-0.39, 0.29) is 11.9 Å². The Hall–Kier alpha value is -2.25. The van der Waals surface area contributed by atoms with Crippen molar-refractivity contribution in [2.75, 3.05) is 24.7 Å². The third-order valence-corrected chi connectivity index (χ3v) is 4.25. The minimum atomic E-state index is -0.340. The van der Waals surface area contributed by atoms with Crippen molar-refractivity contribution in [1.29, 1.82) is 0 Å². The topological polar surface area (TPSA) is 56.1 Å². The molecule has 6 nitrogen and oxygen atoms in total. The molecule has 0 spiro atoms. The second-order valence-corrected chi connectivity index (χ2v) is 6.10. The Morgan fingerprint density at radius 1 is 1.29 bits per heavy atom. The number of rotatable bonds is 2. The Morgan fingerprint density at radius 2 is 2.17 bits per heavy atom. The Bertz CT molecular complexity index is 899. The number of morpholine rings is 1. The van der Waals surface area contributed by atoms with Crippen LogP contribution >= 0.6 is 11.6 Å². The molecule has 1 fully saturated rings. The molecule has 0 radical (unpaired) electrons. The maximum atomic E-state index is 13.6. The van der Waals surface area contributed by atoms with Crippen molar-refractivity contribution in [1.82, 2.24) is 19.5 Å². The summed E-state index contributed by atoms with van der Waals surface area (Å²) in [6.07, 6.45) is 1.57. The summed E-state index contributed by atoms with van der Waals surface area (Å²) < 4.78 is 20.7. The number of halogens is 2. The van der Waals surface area contributed by atoms with Crippen molar-refractivity contribution < 1.29 is 9.13 Å². The fraction of sp³-hybridized carbons (Fsp3) is 0.312.